The second-order valence-corrected chi connectivity index (χ2v) is 8.63. The third-order valence-corrected chi connectivity index (χ3v) is 5.15. The maximum absolute atomic E-state index is 12.7. The largest absolute Gasteiger partial charge is 0.458 e. The highest BCUT2D eigenvalue weighted by molar-refractivity contribution is 5.82. The molecular formula is C24H29NO5. The summed E-state index contributed by atoms with van der Waals surface area (Å²) in [6.45, 7) is 6.78. The number of aliphatic hydroxyl groups is 1. The molecule has 0 spiro atoms. The Hall–Kier alpha value is -2.86. The lowest BCUT2D eigenvalue weighted by molar-refractivity contribution is -0.164. The molecule has 0 radical (unpaired) electrons. The van der Waals surface area contributed by atoms with Crippen LogP contribution in [0.3, 0.4) is 0 Å². The summed E-state index contributed by atoms with van der Waals surface area (Å²) in [4.78, 5) is 26.3. The molecule has 0 heterocycles. The summed E-state index contributed by atoms with van der Waals surface area (Å²) in [6, 6.07) is 15.0. The normalized spacial score (nSPS) is 15.0. The van der Waals surface area contributed by atoms with Crippen LogP contribution in [0.4, 0.5) is 4.79 Å². The van der Waals surface area contributed by atoms with E-state index in [9.17, 15) is 14.7 Å². The number of hydrogen-bond acceptors (Lipinski definition) is 5. The van der Waals surface area contributed by atoms with E-state index in [1.54, 1.807) is 20.8 Å². The molecule has 1 amide bonds. The van der Waals surface area contributed by atoms with Gasteiger partial charge in [-0.25, -0.2) is 9.59 Å². The number of esters is 1. The van der Waals surface area contributed by atoms with Crippen LogP contribution in [0.2, 0.25) is 0 Å². The third-order valence-electron chi connectivity index (χ3n) is 5.15. The van der Waals surface area contributed by atoms with Gasteiger partial charge in [-0.1, -0.05) is 48.5 Å². The summed E-state index contributed by atoms with van der Waals surface area (Å²) in [5, 5.41) is 10.1. The predicted molar refractivity (Wildman–Crippen MR) is 114 cm³/mol. The Labute approximate surface area is 177 Å². The predicted octanol–water partition coefficient (Wildman–Crippen LogP) is 3.96. The summed E-state index contributed by atoms with van der Waals surface area (Å²) in [7, 11) is 1.43. The number of carbonyl (C=O) groups is 2. The van der Waals surface area contributed by atoms with E-state index in [4.69, 9.17) is 9.47 Å². The highest BCUT2D eigenvalue weighted by Gasteiger charge is 2.36. The molecule has 2 aromatic carbocycles. The smallest absolute Gasteiger partial charge is 0.410 e. The van der Waals surface area contributed by atoms with Crippen LogP contribution in [0.1, 0.15) is 44.7 Å². The molecule has 0 saturated carbocycles. The van der Waals surface area contributed by atoms with Gasteiger partial charge in [0.25, 0.3) is 0 Å². The molecular weight excluding hydrogens is 382 g/mol. The fraction of sp³-hybridized carbons (Fsp3) is 0.417. The number of aliphatic hydroxyl groups excluding tert-OH is 1. The van der Waals surface area contributed by atoms with E-state index >= 15 is 0 Å². The summed E-state index contributed by atoms with van der Waals surface area (Å²) in [6.07, 6.45) is -1.79. The van der Waals surface area contributed by atoms with Crippen LogP contribution in [0, 0.1) is 0 Å². The number of hydrogen-bond donors (Lipinski definition) is 1. The van der Waals surface area contributed by atoms with Crippen molar-refractivity contribution in [1.29, 1.82) is 0 Å². The number of ether oxygens (including phenoxy) is 2. The van der Waals surface area contributed by atoms with Crippen molar-refractivity contribution in [3.8, 4) is 11.1 Å². The number of fused-ring (bicyclic) bond motifs is 3. The number of benzene rings is 2. The van der Waals surface area contributed by atoms with Crippen molar-refractivity contribution in [2.24, 2.45) is 0 Å². The third kappa shape index (κ3) is 4.49. The van der Waals surface area contributed by atoms with E-state index in [1.807, 2.05) is 36.4 Å². The molecule has 0 aliphatic heterocycles. The number of carbonyl (C=O) groups excluding carboxylic acids is 2. The fourth-order valence-electron chi connectivity index (χ4n) is 3.85. The van der Waals surface area contributed by atoms with Crippen molar-refractivity contribution < 1.29 is 24.2 Å². The maximum atomic E-state index is 12.7. The SMILES string of the molecule is C[C@@H](O)[C@@H](C(=O)OC(C)(C)C)N(C)C(=O)OCC1c2ccccc2-c2ccccc21. The molecule has 1 N–H and O–H groups in total. The van der Waals surface area contributed by atoms with Crippen molar-refractivity contribution in [2.75, 3.05) is 13.7 Å². The minimum Gasteiger partial charge on any atom is -0.458 e. The number of amides is 1. The zero-order valence-corrected chi connectivity index (χ0v) is 18.1. The lowest BCUT2D eigenvalue weighted by atomic mass is 9.98. The van der Waals surface area contributed by atoms with Gasteiger partial charge in [0.1, 0.15) is 12.2 Å². The summed E-state index contributed by atoms with van der Waals surface area (Å²) >= 11 is 0. The van der Waals surface area contributed by atoms with Crippen molar-refractivity contribution in [1.82, 2.24) is 4.90 Å². The minimum absolute atomic E-state index is 0.0822. The highest BCUT2D eigenvalue weighted by atomic mass is 16.6. The van der Waals surface area contributed by atoms with Crippen LogP contribution in [-0.4, -0.2) is 53.5 Å². The van der Waals surface area contributed by atoms with Gasteiger partial charge in [-0.2, -0.15) is 0 Å². The lowest BCUT2D eigenvalue weighted by Gasteiger charge is -2.31. The average molecular weight is 411 g/mol. The Morgan fingerprint density at radius 3 is 2.00 bits per heavy atom. The Morgan fingerprint density at radius 2 is 1.53 bits per heavy atom. The molecule has 3 rings (SSSR count). The van der Waals surface area contributed by atoms with Crippen molar-refractivity contribution >= 4 is 12.1 Å². The van der Waals surface area contributed by atoms with E-state index in [-0.39, 0.29) is 12.5 Å². The molecule has 0 bridgehead atoms. The topological polar surface area (TPSA) is 76.1 Å². The zero-order valence-electron chi connectivity index (χ0n) is 18.1. The number of likely N-dealkylation sites (N-methyl/N-ethyl adjacent to an activating group) is 1. The Balaban J connectivity index is 1.74. The molecule has 2 aromatic rings. The van der Waals surface area contributed by atoms with Gasteiger partial charge in [0.2, 0.25) is 0 Å². The Morgan fingerprint density at radius 1 is 1.03 bits per heavy atom. The molecule has 160 valence electrons. The first-order chi connectivity index (χ1) is 14.1. The van der Waals surface area contributed by atoms with Gasteiger partial charge in [0.05, 0.1) is 6.10 Å². The van der Waals surface area contributed by atoms with Crippen LogP contribution < -0.4 is 0 Å². The lowest BCUT2D eigenvalue weighted by Crippen LogP contribution is -2.51. The van der Waals surface area contributed by atoms with Gasteiger partial charge in [0, 0.05) is 13.0 Å². The molecule has 0 aromatic heterocycles. The van der Waals surface area contributed by atoms with Crippen molar-refractivity contribution in [3.05, 3.63) is 59.7 Å². The average Bonchev–Trinajstić information content (AvgIpc) is 2.98. The van der Waals surface area contributed by atoms with Crippen molar-refractivity contribution in [2.45, 2.75) is 51.4 Å². The second-order valence-electron chi connectivity index (χ2n) is 8.63. The van der Waals surface area contributed by atoms with E-state index in [1.165, 1.54) is 14.0 Å². The monoisotopic (exact) mass is 411 g/mol. The van der Waals surface area contributed by atoms with Gasteiger partial charge >= 0.3 is 12.1 Å². The molecule has 0 saturated heterocycles. The van der Waals surface area contributed by atoms with Gasteiger partial charge in [-0.15, -0.1) is 0 Å². The van der Waals surface area contributed by atoms with Crippen LogP contribution in [0.5, 0.6) is 0 Å². The number of nitrogens with zero attached hydrogens (tertiary/aromatic N) is 1. The van der Waals surface area contributed by atoms with Gasteiger partial charge in [-0.3, -0.25) is 4.90 Å². The van der Waals surface area contributed by atoms with Crippen LogP contribution in [0.15, 0.2) is 48.5 Å². The Bertz CT molecular complexity index is 886. The van der Waals surface area contributed by atoms with Crippen molar-refractivity contribution in [3.63, 3.8) is 0 Å². The van der Waals surface area contributed by atoms with E-state index in [0.717, 1.165) is 27.2 Å². The molecule has 0 fully saturated rings. The first-order valence-corrected chi connectivity index (χ1v) is 10.1. The van der Waals surface area contributed by atoms with Crippen LogP contribution in [-0.2, 0) is 14.3 Å². The molecule has 30 heavy (non-hydrogen) atoms. The summed E-state index contributed by atoms with van der Waals surface area (Å²) in [5.74, 6) is -0.755. The van der Waals surface area contributed by atoms with E-state index in [0.29, 0.717) is 0 Å². The number of rotatable bonds is 5. The fourth-order valence-corrected chi connectivity index (χ4v) is 3.85. The van der Waals surface area contributed by atoms with E-state index < -0.39 is 29.8 Å². The first kappa shape index (κ1) is 21.8. The molecule has 6 heteroatoms. The standard InChI is InChI=1S/C24H29NO5/c1-15(26)21(22(27)30-24(2,3)4)25(5)23(28)29-14-20-18-12-8-6-10-16(18)17-11-7-9-13-19(17)20/h6-13,15,20-21,26H,14H2,1-5H3/t15-,21+/m1/s1. The van der Waals surface area contributed by atoms with E-state index in [2.05, 4.69) is 12.1 Å². The molecule has 1 aliphatic carbocycles. The van der Waals surface area contributed by atoms with Crippen LogP contribution >= 0.6 is 0 Å². The van der Waals surface area contributed by atoms with Crippen LogP contribution in [0.25, 0.3) is 11.1 Å². The quantitative estimate of drug-likeness (QED) is 0.754. The summed E-state index contributed by atoms with van der Waals surface area (Å²) < 4.78 is 10.9. The second kappa shape index (κ2) is 8.48. The maximum Gasteiger partial charge on any atom is 0.410 e. The zero-order chi connectivity index (χ0) is 22.1. The minimum atomic E-state index is -1.15. The molecule has 0 unspecified atom stereocenters. The Kier molecular flexibility index (Phi) is 6.17. The summed E-state index contributed by atoms with van der Waals surface area (Å²) in [5.41, 5.74) is 3.75. The molecule has 1 aliphatic rings. The van der Waals surface area contributed by atoms with Gasteiger partial charge < -0.3 is 14.6 Å². The first-order valence-electron chi connectivity index (χ1n) is 10.1. The highest BCUT2D eigenvalue weighted by Crippen LogP contribution is 2.44. The van der Waals surface area contributed by atoms with Gasteiger partial charge in [-0.05, 0) is 49.9 Å². The van der Waals surface area contributed by atoms with Gasteiger partial charge in [0.15, 0.2) is 6.04 Å². The molecule has 2 atom stereocenters. The molecule has 6 nitrogen and oxygen atoms in total.